The van der Waals surface area contributed by atoms with Crippen molar-refractivity contribution < 1.29 is 8.42 Å². The Balaban J connectivity index is 2.70. The number of rotatable bonds is 2. The molecule has 0 bridgehead atoms. The average Bonchev–Trinajstić information content (AvgIpc) is 2.69. The zero-order valence-electron chi connectivity index (χ0n) is 9.36. The van der Waals surface area contributed by atoms with Crippen molar-refractivity contribution in [1.29, 1.82) is 0 Å². The van der Waals surface area contributed by atoms with Crippen LogP contribution in [0, 0.1) is 13.8 Å². The Hall–Kier alpha value is -1.33. The molecule has 0 spiro atoms. The fraction of sp³-hybridized carbons (Fsp3) is 0.182. The van der Waals surface area contributed by atoms with E-state index in [0.717, 1.165) is 16.7 Å². The molecule has 90 valence electrons. The molecule has 4 nitrogen and oxygen atoms in total. The first-order chi connectivity index (χ1) is 7.89. The molecular formula is C11H11ClN2O2S. The molecule has 0 saturated heterocycles. The first-order valence-electron chi connectivity index (χ1n) is 4.95. The van der Waals surface area contributed by atoms with Gasteiger partial charge in [0.05, 0.1) is 11.9 Å². The van der Waals surface area contributed by atoms with Crippen LogP contribution in [-0.4, -0.2) is 18.6 Å². The van der Waals surface area contributed by atoms with Gasteiger partial charge in [0, 0.05) is 16.2 Å². The third kappa shape index (κ3) is 2.35. The molecule has 0 fully saturated rings. The summed E-state index contributed by atoms with van der Waals surface area (Å²) in [4.78, 5) is 0.00728. The molecule has 0 unspecified atom stereocenters. The SMILES string of the molecule is Cc1ccc(C)c(-c2[nH]ncc2S(=O)(=O)Cl)c1. The molecule has 2 rings (SSSR count). The molecule has 1 aromatic carbocycles. The standard InChI is InChI=1S/C11H11ClN2O2S/c1-7-3-4-8(2)9(5-7)11-10(6-13-14-11)17(12,15)16/h3-6H,1-2H3,(H,13,14). The molecule has 2 aromatic rings. The van der Waals surface area contributed by atoms with E-state index in [4.69, 9.17) is 10.7 Å². The van der Waals surface area contributed by atoms with Crippen molar-refractivity contribution in [2.24, 2.45) is 0 Å². The second-order valence-corrected chi connectivity index (χ2v) is 6.40. The quantitative estimate of drug-likeness (QED) is 0.853. The lowest BCUT2D eigenvalue weighted by Crippen LogP contribution is -1.94. The normalized spacial score (nSPS) is 11.7. The molecular weight excluding hydrogens is 260 g/mol. The van der Waals surface area contributed by atoms with Gasteiger partial charge < -0.3 is 0 Å². The average molecular weight is 271 g/mol. The molecule has 0 saturated carbocycles. The van der Waals surface area contributed by atoms with E-state index in [9.17, 15) is 8.42 Å². The summed E-state index contributed by atoms with van der Waals surface area (Å²) >= 11 is 0. The molecule has 0 radical (unpaired) electrons. The van der Waals surface area contributed by atoms with Gasteiger partial charge >= 0.3 is 0 Å². The lowest BCUT2D eigenvalue weighted by atomic mass is 10.0. The number of nitrogens with one attached hydrogen (secondary N) is 1. The molecule has 0 aliphatic heterocycles. The van der Waals surface area contributed by atoms with E-state index in [1.54, 1.807) is 0 Å². The minimum absolute atomic E-state index is 0.00728. The molecule has 0 amide bonds. The molecule has 6 heteroatoms. The molecule has 0 aliphatic carbocycles. The van der Waals surface area contributed by atoms with Gasteiger partial charge in [0.25, 0.3) is 9.05 Å². The summed E-state index contributed by atoms with van der Waals surface area (Å²) in [6, 6.07) is 5.79. The van der Waals surface area contributed by atoms with Crippen LogP contribution in [0.5, 0.6) is 0 Å². The molecule has 1 heterocycles. The van der Waals surface area contributed by atoms with E-state index in [1.165, 1.54) is 6.20 Å². The topological polar surface area (TPSA) is 62.8 Å². The van der Waals surface area contributed by atoms with Gasteiger partial charge in [-0.3, -0.25) is 5.10 Å². The lowest BCUT2D eigenvalue weighted by molar-refractivity contribution is 0.610. The number of halogens is 1. The van der Waals surface area contributed by atoms with Crippen LogP contribution in [0.15, 0.2) is 29.3 Å². The lowest BCUT2D eigenvalue weighted by Gasteiger charge is -2.06. The first-order valence-corrected chi connectivity index (χ1v) is 7.26. The van der Waals surface area contributed by atoms with Gasteiger partial charge in [-0.15, -0.1) is 0 Å². The fourth-order valence-corrected chi connectivity index (χ4v) is 2.59. The summed E-state index contributed by atoms with van der Waals surface area (Å²) in [7, 11) is 1.57. The maximum atomic E-state index is 11.4. The number of aromatic nitrogens is 2. The van der Waals surface area contributed by atoms with E-state index in [2.05, 4.69) is 10.2 Å². The molecule has 0 aliphatic rings. The number of aromatic amines is 1. The van der Waals surface area contributed by atoms with Gasteiger partial charge in [-0.2, -0.15) is 5.10 Å². The molecule has 1 N–H and O–H groups in total. The van der Waals surface area contributed by atoms with Gasteiger partial charge in [0.1, 0.15) is 4.90 Å². The predicted molar refractivity (Wildman–Crippen MR) is 66.5 cm³/mol. The summed E-state index contributed by atoms with van der Waals surface area (Å²) in [5.41, 5.74) is 3.22. The second-order valence-electron chi connectivity index (χ2n) is 3.87. The van der Waals surface area contributed by atoms with E-state index in [0.29, 0.717) is 5.69 Å². The minimum Gasteiger partial charge on any atom is -0.276 e. The van der Waals surface area contributed by atoms with E-state index >= 15 is 0 Å². The van der Waals surface area contributed by atoms with Crippen molar-refractivity contribution in [2.75, 3.05) is 0 Å². The summed E-state index contributed by atoms with van der Waals surface area (Å²) in [5.74, 6) is 0. The molecule has 17 heavy (non-hydrogen) atoms. The van der Waals surface area contributed by atoms with Crippen molar-refractivity contribution >= 4 is 19.7 Å². The van der Waals surface area contributed by atoms with E-state index in [-0.39, 0.29) is 4.90 Å². The number of H-pyrrole nitrogens is 1. The van der Waals surface area contributed by atoms with Gasteiger partial charge in [0.15, 0.2) is 0 Å². The zero-order chi connectivity index (χ0) is 12.6. The Bertz CT molecular complexity index is 662. The Kier molecular flexibility index (Phi) is 2.97. The molecule has 1 aromatic heterocycles. The highest BCUT2D eigenvalue weighted by Crippen LogP contribution is 2.30. The highest BCUT2D eigenvalue weighted by Gasteiger charge is 2.20. The minimum atomic E-state index is -3.79. The van der Waals surface area contributed by atoms with Crippen LogP contribution in [0.4, 0.5) is 0 Å². The number of hydrogen-bond acceptors (Lipinski definition) is 3. The number of aryl methyl sites for hydroxylation is 2. The highest BCUT2D eigenvalue weighted by atomic mass is 35.7. The summed E-state index contributed by atoms with van der Waals surface area (Å²) < 4.78 is 22.8. The third-order valence-electron chi connectivity index (χ3n) is 2.53. The van der Waals surface area contributed by atoms with Crippen molar-refractivity contribution in [3.63, 3.8) is 0 Å². The monoisotopic (exact) mass is 270 g/mol. The van der Waals surface area contributed by atoms with Gasteiger partial charge in [-0.1, -0.05) is 17.7 Å². The van der Waals surface area contributed by atoms with Crippen LogP contribution in [-0.2, 0) is 9.05 Å². The van der Waals surface area contributed by atoms with Crippen molar-refractivity contribution in [2.45, 2.75) is 18.7 Å². The number of hydrogen-bond donors (Lipinski definition) is 1. The van der Waals surface area contributed by atoms with Crippen molar-refractivity contribution in [3.05, 3.63) is 35.5 Å². The van der Waals surface area contributed by atoms with Crippen molar-refractivity contribution in [1.82, 2.24) is 10.2 Å². The zero-order valence-corrected chi connectivity index (χ0v) is 10.9. The van der Waals surface area contributed by atoms with Gasteiger partial charge in [-0.25, -0.2) is 8.42 Å². The molecule has 0 atom stereocenters. The second kappa shape index (κ2) is 4.16. The van der Waals surface area contributed by atoms with Crippen LogP contribution in [0.25, 0.3) is 11.3 Å². The van der Waals surface area contributed by atoms with Gasteiger partial charge in [-0.05, 0) is 25.5 Å². The third-order valence-corrected chi connectivity index (χ3v) is 3.86. The maximum Gasteiger partial charge on any atom is 0.265 e. The van der Waals surface area contributed by atoms with Crippen LogP contribution in [0.3, 0.4) is 0 Å². The van der Waals surface area contributed by atoms with Gasteiger partial charge in [0.2, 0.25) is 0 Å². The Morgan fingerprint density at radius 3 is 2.65 bits per heavy atom. The highest BCUT2D eigenvalue weighted by molar-refractivity contribution is 8.13. The smallest absolute Gasteiger partial charge is 0.265 e. The predicted octanol–water partition coefficient (Wildman–Crippen LogP) is 2.62. The van der Waals surface area contributed by atoms with Crippen LogP contribution < -0.4 is 0 Å². The summed E-state index contributed by atoms with van der Waals surface area (Å²) in [6.07, 6.45) is 1.22. The van der Waals surface area contributed by atoms with Crippen LogP contribution in [0.1, 0.15) is 11.1 Å². The van der Waals surface area contributed by atoms with Crippen LogP contribution in [0.2, 0.25) is 0 Å². The first kappa shape index (κ1) is 12.1. The fourth-order valence-electron chi connectivity index (χ4n) is 1.66. The largest absolute Gasteiger partial charge is 0.276 e. The van der Waals surface area contributed by atoms with E-state index < -0.39 is 9.05 Å². The van der Waals surface area contributed by atoms with Crippen LogP contribution >= 0.6 is 10.7 Å². The van der Waals surface area contributed by atoms with E-state index in [1.807, 2.05) is 32.0 Å². The number of nitrogens with zero attached hydrogens (tertiary/aromatic N) is 1. The maximum absolute atomic E-state index is 11.4. The number of benzene rings is 1. The Morgan fingerprint density at radius 1 is 1.29 bits per heavy atom. The Morgan fingerprint density at radius 2 is 2.00 bits per heavy atom. The Labute approximate surface area is 104 Å². The summed E-state index contributed by atoms with van der Waals surface area (Å²) in [6.45, 7) is 3.84. The summed E-state index contributed by atoms with van der Waals surface area (Å²) in [5, 5.41) is 6.43. The van der Waals surface area contributed by atoms with Crippen molar-refractivity contribution in [3.8, 4) is 11.3 Å².